The minimum absolute atomic E-state index is 0.0225. The number of amides is 1. The smallest absolute Gasteiger partial charge is 0.277 e. The molecule has 0 saturated carbocycles. The maximum atomic E-state index is 11.4. The van der Waals surface area contributed by atoms with Gasteiger partial charge in [0.25, 0.3) is 5.91 Å². The first-order chi connectivity index (χ1) is 8.13. The normalized spacial score (nSPS) is 11.1. The summed E-state index contributed by atoms with van der Waals surface area (Å²) >= 11 is 0. The van der Waals surface area contributed by atoms with Gasteiger partial charge in [0.1, 0.15) is 5.75 Å². The predicted molar refractivity (Wildman–Crippen MR) is 68.2 cm³/mol. The highest BCUT2D eigenvalue weighted by atomic mass is 16.5. The molecule has 92 valence electrons. The Morgan fingerprint density at radius 3 is 2.76 bits per heavy atom. The van der Waals surface area contributed by atoms with E-state index in [9.17, 15) is 4.79 Å². The van der Waals surface area contributed by atoms with Gasteiger partial charge in [0.05, 0.1) is 0 Å². The number of nitrogens with one attached hydrogen (secondary N) is 1. The molecule has 0 aliphatic carbocycles. The van der Waals surface area contributed by atoms with Gasteiger partial charge in [0.15, 0.2) is 6.61 Å². The summed E-state index contributed by atoms with van der Waals surface area (Å²) in [7, 11) is 0. The van der Waals surface area contributed by atoms with Crippen molar-refractivity contribution in [1.29, 1.82) is 0 Å². The summed E-state index contributed by atoms with van der Waals surface area (Å²) in [5, 5.41) is 3.91. The number of ether oxygens (including phenoxy) is 1. The van der Waals surface area contributed by atoms with Gasteiger partial charge in [-0.15, -0.1) is 0 Å². The number of nitrogens with zero attached hydrogens (tertiary/aromatic N) is 1. The molecule has 0 bridgehead atoms. The number of hydrogen-bond donors (Lipinski definition) is 1. The Balaban J connectivity index is 2.41. The third-order valence-electron chi connectivity index (χ3n) is 2.34. The zero-order valence-electron chi connectivity index (χ0n) is 10.5. The zero-order valence-corrected chi connectivity index (χ0v) is 10.5. The van der Waals surface area contributed by atoms with E-state index in [4.69, 9.17) is 4.74 Å². The Kier molecular flexibility index (Phi) is 5.20. The molecule has 0 saturated heterocycles. The number of carbonyl (C=O) groups excluding carboxylic acids is 1. The number of aryl methyl sites for hydroxylation is 1. The van der Waals surface area contributed by atoms with E-state index in [1.54, 1.807) is 0 Å². The predicted octanol–water partition coefficient (Wildman–Crippen LogP) is 2.28. The van der Waals surface area contributed by atoms with Crippen molar-refractivity contribution in [3.05, 3.63) is 29.8 Å². The molecule has 0 aliphatic heterocycles. The molecule has 0 aromatic heterocycles. The molecule has 4 heteroatoms. The SMILES string of the molecule is CC/C(C)=N/NC(=O)COc1ccccc1C. The van der Waals surface area contributed by atoms with E-state index in [-0.39, 0.29) is 12.5 Å². The van der Waals surface area contributed by atoms with Crippen molar-refractivity contribution in [3.8, 4) is 5.75 Å². The lowest BCUT2D eigenvalue weighted by molar-refractivity contribution is -0.123. The second-order valence-electron chi connectivity index (χ2n) is 3.79. The van der Waals surface area contributed by atoms with Crippen LogP contribution in [0.3, 0.4) is 0 Å². The number of para-hydroxylation sites is 1. The van der Waals surface area contributed by atoms with Crippen LogP contribution < -0.4 is 10.2 Å². The van der Waals surface area contributed by atoms with Crippen LogP contribution in [0.15, 0.2) is 29.4 Å². The molecule has 0 fully saturated rings. The maximum Gasteiger partial charge on any atom is 0.277 e. The lowest BCUT2D eigenvalue weighted by Gasteiger charge is -2.07. The van der Waals surface area contributed by atoms with Gasteiger partial charge in [0, 0.05) is 5.71 Å². The monoisotopic (exact) mass is 234 g/mol. The molecule has 17 heavy (non-hydrogen) atoms. The first kappa shape index (κ1) is 13.2. The Morgan fingerprint density at radius 1 is 1.41 bits per heavy atom. The van der Waals surface area contributed by atoms with E-state index in [0.717, 1.165) is 23.4 Å². The number of benzene rings is 1. The number of carbonyl (C=O) groups is 1. The summed E-state index contributed by atoms with van der Waals surface area (Å²) in [5.41, 5.74) is 4.34. The molecule has 1 aromatic rings. The maximum absolute atomic E-state index is 11.4. The van der Waals surface area contributed by atoms with Gasteiger partial charge in [-0.1, -0.05) is 25.1 Å². The fourth-order valence-electron chi connectivity index (χ4n) is 1.13. The lowest BCUT2D eigenvalue weighted by Crippen LogP contribution is -2.25. The summed E-state index contributed by atoms with van der Waals surface area (Å²) in [6.45, 7) is 5.76. The van der Waals surface area contributed by atoms with Gasteiger partial charge in [0.2, 0.25) is 0 Å². The molecule has 0 radical (unpaired) electrons. The van der Waals surface area contributed by atoms with Crippen LogP contribution in [0.4, 0.5) is 0 Å². The van der Waals surface area contributed by atoms with Crippen molar-refractivity contribution in [2.24, 2.45) is 5.10 Å². The van der Waals surface area contributed by atoms with E-state index >= 15 is 0 Å². The minimum atomic E-state index is -0.249. The van der Waals surface area contributed by atoms with Crippen LogP contribution in [0.2, 0.25) is 0 Å². The van der Waals surface area contributed by atoms with Crippen molar-refractivity contribution < 1.29 is 9.53 Å². The Labute approximate surface area is 102 Å². The highest BCUT2D eigenvalue weighted by Gasteiger charge is 2.03. The molecule has 4 nitrogen and oxygen atoms in total. The Morgan fingerprint density at radius 2 is 2.12 bits per heavy atom. The van der Waals surface area contributed by atoms with Crippen molar-refractivity contribution in [2.75, 3.05) is 6.61 Å². The average Bonchev–Trinajstić information content (AvgIpc) is 2.35. The first-order valence-corrected chi connectivity index (χ1v) is 5.64. The molecular formula is C13H18N2O2. The summed E-state index contributed by atoms with van der Waals surface area (Å²) < 4.78 is 5.38. The Hall–Kier alpha value is -1.84. The molecule has 1 amide bonds. The van der Waals surface area contributed by atoms with Crippen LogP contribution in [0, 0.1) is 6.92 Å². The summed E-state index contributed by atoms with van der Waals surface area (Å²) in [4.78, 5) is 11.4. The standard InChI is InChI=1S/C13H18N2O2/c1-4-11(3)14-15-13(16)9-17-12-8-6-5-7-10(12)2/h5-8H,4,9H2,1-3H3,(H,15,16)/b14-11+. The van der Waals surface area contributed by atoms with Gasteiger partial charge in [-0.25, -0.2) is 5.43 Å². The highest BCUT2D eigenvalue weighted by molar-refractivity contribution is 5.84. The van der Waals surface area contributed by atoms with Gasteiger partial charge in [-0.2, -0.15) is 5.10 Å². The first-order valence-electron chi connectivity index (χ1n) is 5.64. The lowest BCUT2D eigenvalue weighted by atomic mass is 10.2. The summed E-state index contributed by atoms with van der Waals surface area (Å²) in [6, 6.07) is 7.58. The van der Waals surface area contributed by atoms with E-state index in [2.05, 4.69) is 10.5 Å². The quantitative estimate of drug-likeness (QED) is 0.627. The third-order valence-corrected chi connectivity index (χ3v) is 2.34. The number of rotatable bonds is 5. The van der Waals surface area contributed by atoms with Crippen molar-refractivity contribution in [2.45, 2.75) is 27.2 Å². The van der Waals surface area contributed by atoms with Crippen LogP contribution in [-0.4, -0.2) is 18.2 Å². The fraction of sp³-hybridized carbons (Fsp3) is 0.385. The van der Waals surface area contributed by atoms with Gasteiger partial charge in [-0.3, -0.25) is 4.79 Å². The van der Waals surface area contributed by atoms with Crippen LogP contribution in [0.25, 0.3) is 0 Å². The largest absolute Gasteiger partial charge is 0.483 e. The van der Waals surface area contributed by atoms with E-state index < -0.39 is 0 Å². The van der Waals surface area contributed by atoms with E-state index in [0.29, 0.717) is 0 Å². The second-order valence-corrected chi connectivity index (χ2v) is 3.79. The second kappa shape index (κ2) is 6.68. The van der Waals surface area contributed by atoms with Crippen molar-refractivity contribution >= 4 is 11.6 Å². The van der Waals surface area contributed by atoms with E-state index in [1.165, 1.54) is 0 Å². The van der Waals surface area contributed by atoms with Crippen LogP contribution >= 0.6 is 0 Å². The number of hydrogen-bond acceptors (Lipinski definition) is 3. The average molecular weight is 234 g/mol. The summed E-state index contributed by atoms with van der Waals surface area (Å²) in [6.07, 6.45) is 0.818. The zero-order chi connectivity index (χ0) is 12.7. The highest BCUT2D eigenvalue weighted by Crippen LogP contribution is 2.15. The minimum Gasteiger partial charge on any atom is -0.483 e. The van der Waals surface area contributed by atoms with Gasteiger partial charge >= 0.3 is 0 Å². The fourth-order valence-corrected chi connectivity index (χ4v) is 1.13. The summed E-state index contributed by atoms with van der Waals surface area (Å²) in [5.74, 6) is 0.472. The molecule has 0 heterocycles. The molecule has 0 atom stereocenters. The van der Waals surface area contributed by atoms with Crippen molar-refractivity contribution in [1.82, 2.24) is 5.43 Å². The van der Waals surface area contributed by atoms with Crippen LogP contribution in [-0.2, 0) is 4.79 Å². The molecule has 1 rings (SSSR count). The number of hydrazone groups is 1. The molecule has 0 aliphatic rings. The van der Waals surface area contributed by atoms with Gasteiger partial charge in [-0.05, 0) is 31.9 Å². The van der Waals surface area contributed by atoms with Crippen LogP contribution in [0.1, 0.15) is 25.8 Å². The van der Waals surface area contributed by atoms with Crippen LogP contribution in [0.5, 0.6) is 5.75 Å². The van der Waals surface area contributed by atoms with Crippen molar-refractivity contribution in [3.63, 3.8) is 0 Å². The molecule has 0 spiro atoms. The Bertz CT molecular complexity index is 414. The molecular weight excluding hydrogens is 216 g/mol. The molecule has 1 aromatic carbocycles. The third kappa shape index (κ3) is 4.68. The van der Waals surface area contributed by atoms with Gasteiger partial charge < -0.3 is 4.74 Å². The van der Waals surface area contributed by atoms with E-state index in [1.807, 2.05) is 45.0 Å². The topological polar surface area (TPSA) is 50.7 Å². The molecule has 0 unspecified atom stereocenters. The molecule has 1 N–H and O–H groups in total.